The van der Waals surface area contributed by atoms with Gasteiger partial charge in [0.1, 0.15) is 28.8 Å². The number of rotatable bonds is 7. The zero-order valence-corrected chi connectivity index (χ0v) is 20.3. The van der Waals surface area contributed by atoms with Crippen LogP contribution < -0.4 is 4.72 Å². The van der Waals surface area contributed by atoms with Crippen LogP contribution in [-0.2, 0) is 10.0 Å². The molecule has 12 heteroatoms. The van der Waals surface area contributed by atoms with E-state index in [1.165, 1.54) is 19.2 Å². The lowest BCUT2D eigenvalue weighted by Crippen LogP contribution is -2.31. The first kappa shape index (κ1) is 24.3. The minimum absolute atomic E-state index is 0.0297. The molecule has 35 heavy (non-hydrogen) atoms. The van der Waals surface area contributed by atoms with Crippen molar-refractivity contribution in [2.24, 2.45) is 0 Å². The molecule has 0 fully saturated rings. The molecule has 3 heterocycles. The van der Waals surface area contributed by atoms with Gasteiger partial charge in [-0.05, 0) is 56.2 Å². The Bertz CT molecular complexity index is 1450. The number of nitrogens with one attached hydrogen (secondary N) is 1. The van der Waals surface area contributed by atoms with Crippen LogP contribution in [0, 0.1) is 25.5 Å². The van der Waals surface area contributed by atoms with Gasteiger partial charge in [0, 0.05) is 24.5 Å². The number of aromatic nitrogens is 6. The van der Waals surface area contributed by atoms with Gasteiger partial charge in [-0.1, -0.05) is 13.0 Å². The monoisotopic (exact) mass is 499 g/mol. The van der Waals surface area contributed by atoms with Crippen molar-refractivity contribution in [3.05, 3.63) is 77.5 Å². The first-order valence-electron chi connectivity index (χ1n) is 10.7. The van der Waals surface area contributed by atoms with E-state index in [2.05, 4.69) is 29.9 Å². The number of hydrogen-bond acceptors (Lipinski definition) is 7. The second-order valence-corrected chi connectivity index (χ2v) is 10.3. The van der Waals surface area contributed by atoms with E-state index in [1.54, 1.807) is 31.5 Å². The highest BCUT2D eigenvalue weighted by Crippen LogP contribution is 2.30. The number of pyridine rings is 1. The van der Waals surface area contributed by atoms with E-state index in [1.807, 2.05) is 13.8 Å². The summed E-state index contributed by atoms with van der Waals surface area (Å²) in [7, 11) is -4.12. The molecule has 0 saturated carbocycles. The van der Waals surface area contributed by atoms with Crippen LogP contribution in [0.15, 0.2) is 48.9 Å². The Balaban J connectivity index is 1.79. The second kappa shape index (κ2) is 9.45. The molecule has 3 aromatic heterocycles. The highest BCUT2D eigenvalue weighted by atomic mass is 32.2. The standard InChI is InChI=1S/C23H23F2N7O2S/c1-13-8-9-26-19(10-13)22-29-30-23(32(22)20-17(24)6-5-7-18(20)25)31-35(33,34)16(4)15(3)21-27-11-14(2)12-28-21/h5-12,15-16H,1-4H3,(H,30,31)/t15-,16-/m1/s1. The normalized spacial score (nSPS) is 13.4. The van der Waals surface area contributed by atoms with Crippen LogP contribution in [0.5, 0.6) is 0 Å². The smallest absolute Gasteiger partial charge is 0.243 e. The average molecular weight is 500 g/mol. The first-order valence-corrected chi connectivity index (χ1v) is 12.3. The van der Waals surface area contributed by atoms with E-state index in [9.17, 15) is 17.2 Å². The van der Waals surface area contributed by atoms with Crippen LogP contribution >= 0.6 is 0 Å². The van der Waals surface area contributed by atoms with Crippen molar-refractivity contribution in [1.82, 2.24) is 29.7 Å². The fourth-order valence-corrected chi connectivity index (χ4v) is 4.66. The molecule has 4 rings (SSSR count). The number of benzene rings is 1. The summed E-state index contributed by atoms with van der Waals surface area (Å²) in [6.45, 7) is 6.81. The van der Waals surface area contributed by atoms with Gasteiger partial charge in [-0.3, -0.25) is 14.3 Å². The molecule has 0 aliphatic heterocycles. The van der Waals surface area contributed by atoms with Crippen molar-refractivity contribution < 1.29 is 17.2 Å². The summed E-state index contributed by atoms with van der Waals surface area (Å²) in [5.41, 5.74) is 1.39. The predicted octanol–water partition coefficient (Wildman–Crippen LogP) is 3.95. The third-order valence-electron chi connectivity index (χ3n) is 5.60. The van der Waals surface area contributed by atoms with Crippen molar-refractivity contribution in [2.75, 3.05) is 4.72 Å². The largest absolute Gasteiger partial charge is 0.253 e. The maximum atomic E-state index is 14.8. The van der Waals surface area contributed by atoms with Crippen LogP contribution in [0.25, 0.3) is 17.2 Å². The number of sulfonamides is 1. The van der Waals surface area contributed by atoms with Gasteiger partial charge in [-0.25, -0.2) is 27.2 Å². The van der Waals surface area contributed by atoms with Crippen molar-refractivity contribution in [3.8, 4) is 17.2 Å². The highest BCUT2D eigenvalue weighted by molar-refractivity contribution is 7.93. The van der Waals surface area contributed by atoms with Gasteiger partial charge in [0.15, 0.2) is 5.82 Å². The van der Waals surface area contributed by atoms with E-state index < -0.39 is 38.5 Å². The van der Waals surface area contributed by atoms with Crippen LogP contribution in [0.1, 0.15) is 36.7 Å². The van der Waals surface area contributed by atoms with Gasteiger partial charge in [0.2, 0.25) is 16.0 Å². The lowest BCUT2D eigenvalue weighted by molar-refractivity contribution is 0.564. The van der Waals surface area contributed by atoms with E-state index in [-0.39, 0.29) is 17.5 Å². The van der Waals surface area contributed by atoms with Gasteiger partial charge >= 0.3 is 0 Å². The minimum atomic E-state index is -4.12. The Morgan fingerprint density at radius 1 is 0.943 bits per heavy atom. The Morgan fingerprint density at radius 2 is 1.60 bits per heavy atom. The van der Waals surface area contributed by atoms with Crippen molar-refractivity contribution in [3.63, 3.8) is 0 Å². The van der Waals surface area contributed by atoms with Crippen molar-refractivity contribution >= 4 is 16.0 Å². The number of hydrogen-bond donors (Lipinski definition) is 1. The molecule has 0 bridgehead atoms. The molecule has 182 valence electrons. The SMILES string of the molecule is Cc1cnc([C@H](C)[C@@H](C)S(=O)(=O)Nc2nnc(-c3cc(C)ccn3)n2-c2c(F)cccc2F)nc1. The fraction of sp³-hybridized carbons (Fsp3) is 0.261. The first-order chi connectivity index (χ1) is 16.6. The molecule has 9 nitrogen and oxygen atoms in total. The highest BCUT2D eigenvalue weighted by Gasteiger charge is 2.32. The van der Waals surface area contributed by atoms with Gasteiger partial charge in [0.25, 0.3) is 0 Å². The summed E-state index contributed by atoms with van der Waals surface area (Å²) in [6, 6.07) is 6.72. The summed E-state index contributed by atoms with van der Waals surface area (Å²) >= 11 is 0. The van der Waals surface area contributed by atoms with E-state index >= 15 is 0 Å². The maximum Gasteiger partial charge on any atom is 0.243 e. The lowest BCUT2D eigenvalue weighted by Gasteiger charge is -2.20. The molecule has 0 unspecified atom stereocenters. The molecule has 1 aromatic carbocycles. The second-order valence-electron chi connectivity index (χ2n) is 8.23. The summed E-state index contributed by atoms with van der Waals surface area (Å²) in [6.07, 6.45) is 4.71. The van der Waals surface area contributed by atoms with Crippen LogP contribution in [0.4, 0.5) is 14.7 Å². The lowest BCUT2D eigenvalue weighted by atomic mass is 10.1. The van der Waals surface area contributed by atoms with E-state index in [0.717, 1.165) is 27.8 Å². The summed E-state index contributed by atoms with van der Waals surface area (Å²) in [4.78, 5) is 12.6. The molecule has 2 atom stereocenters. The summed E-state index contributed by atoms with van der Waals surface area (Å²) in [5.74, 6) is -2.50. The molecule has 0 saturated heterocycles. The van der Waals surface area contributed by atoms with E-state index in [4.69, 9.17) is 0 Å². The number of nitrogens with zero attached hydrogens (tertiary/aromatic N) is 6. The topological polar surface area (TPSA) is 116 Å². The molecule has 1 N–H and O–H groups in total. The van der Waals surface area contributed by atoms with Crippen molar-refractivity contribution in [1.29, 1.82) is 0 Å². The molecular formula is C23H23F2N7O2S. The zero-order valence-electron chi connectivity index (χ0n) is 19.4. The maximum absolute atomic E-state index is 14.8. The predicted molar refractivity (Wildman–Crippen MR) is 126 cm³/mol. The molecule has 0 radical (unpaired) electrons. The van der Waals surface area contributed by atoms with Gasteiger partial charge in [0.05, 0.1) is 5.25 Å². The number of anilines is 1. The molecule has 0 aliphatic carbocycles. The van der Waals surface area contributed by atoms with Crippen LogP contribution in [0.2, 0.25) is 0 Å². The molecule has 0 aliphatic rings. The fourth-order valence-electron chi connectivity index (χ4n) is 3.43. The molecule has 0 amide bonds. The summed E-state index contributed by atoms with van der Waals surface area (Å²) < 4.78 is 59.5. The number of aryl methyl sites for hydroxylation is 2. The number of para-hydroxylation sites is 1. The number of halogens is 2. The Hall–Kier alpha value is -3.80. The Labute approximate surface area is 201 Å². The Kier molecular flexibility index (Phi) is 6.57. The minimum Gasteiger partial charge on any atom is -0.253 e. The zero-order chi connectivity index (χ0) is 25.3. The Morgan fingerprint density at radius 3 is 2.23 bits per heavy atom. The van der Waals surface area contributed by atoms with Crippen LogP contribution in [0.3, 0.4) is 0 Å². The quantitative estimate of drug-likeness (QED) is 0.409. The van der Waals surface area contributed by atoms with Gasteiger partial charge < -0.3 is 0 Å². The molecule has 0 spiro atoms. The third kappa shape index (κ3) is 4.87. The third-order valence-corrected chi connectivity index (χ3v) is 7.46. The van der Waals surface area contributed by atoms with Crippen molar-refractivity contribution in [2.45, 2.75) is 38.9 Å². The average Bonchev–Trinajstić information content (AvgIpc) is 3.21. The van der Waals surface area contributed by atoms with Gasteiger partial charge in [-0.2, -0.15) is 0 Å². The van der Waals surface area contributed by atoms with Gasteiger partial charge in [-0.15, -0.1) is 10.2 Å². The summed E-state index contributed by atoms with van der Waals surface area (Å²) in [5, 5.41) is 6.91. The molecular weight excluding hydrogens is 476 g/mol. The van der Waals surface area contributed by atoms with Crippen LogP contribution in [-0.4, -0.2) is 43.4 Å². The molecule has 4 aromatic rings. The van der Waals surface area contributed by atoms with E-state index in [0.29, 0.717) is 5.82 Å².